The van der Waals surface area contributed by atoms with Gasteiger partial charge in [-0.1, -0.05) is 33.6 Å². The minimum atomic E-state index is -0.940. The van der Waals surface area contributed by atoms with Crippen molar-refractivity contribution < 1.29 is 19.4 Å². The lowest BCUT2D eigenvalue weighted by Gasteiger charge is -2.28. The van der Waals surface area contributed by atoms with E-state index in [4.69, 9.17) is 4.74 Å². The van der Waals surface area contributed by atoms with E-state index in [0.29, 0.717) is 18.9 Å². The van der Waals surface area contributed by atoms with Crippen LogP contribution in [0, 0.1) is 11.8 Å². The molecule has 1 rings (SSSR count). The number of likely N-dealkylation sites (tertiary alicyclic amines) is 1. The molecule has 0 spiro atoms. The van der Waals surface area contributed by atoms with E-state index in [9.17, 15) is 14.7 Å². The molecule has 0 aromatic rings. The van der Waals surface area contributed by atoms with Crippen molar-refractivity contribution in [1.82, 2.24) is 4.90 Å². The molecule has 1 saturated heterocycles. The molecule has 1 N–H and O–H groups in total. The van der Waals surface area contributed by atoms with Crippen LogP contribution in [0.1, 0.15) is 40.0 Å². The molecule has 3 atom stereocenters. The van der Waals surface area contributed by atoms with Crippen LogP contribution in [0.15, 0.2) is 0 Å². The molecule has 1 fully saturated rings. The first kappa shape index (κ1) is 16.0. The van der Waals surface area contributed by atoms with Crippen LogP contribution in [0.5, 0.6) is 0 Å². The molecule has 0 saturated carbocycles. The van der Waals surface area contributed by atoms with Crippen LogP contribution in [0.25, 0.3) is 0 Å². The maximum absolute atomic E-state index is 12.5. The van der Waals surface area contributed by atoms with Crippen LogP contribution < -0.4 is 0 Å². The number of carbonyl (C=O) groups excluding carboxylic acids is 1. The van der Waals surface area contributed by atoms with Gasteiger partial charge in [-0.15, -0.1) is 0 Å². The highest BCUT2D eigenvalue weighted by atomic mass is 16.5. The highest BCUT2D eigenvalue weighted by Crippen LogP contribution is 2.27. The molecule has 0 aromatic heterocycles. The number of carbonyl (C=O) groups is 2. The van der Waals surface area contributed by atoms with E-state index < -0.39 is 12.0 Å². The average molecular weight is 271 g/mol. The quantitative estimate of drug-likeness (QED) is 0.799. The van der Waals surface area contributed by atoms with Gasteiger partial charge in [0.1, 0.15) is 6.04 Å². The van der Waals surface area contributed by atoms with Crippen molar-refractivity contribution in [3.63, 3.8) is 0 Å². The standard InChI is InChI=1S/C14H25NO4/c1-5-10(6-2)9(3)13(16)15-8-11(19-4)7-12(15)14(17)18/h9-12H,5-8H2,1-4H3,(H,17,18). The van der Waals surface area contributed by atoms with Crippen molar-refractivity contribution in [2.45, 2.75) is 52.2 Å². The van der Waals surface area contributed by atoms with Gasteiger partial charge in [-0.3, -0.25) is 4.79 Å². The van der Waals surface area contributed by atoms with E-state index in [-0.39, 0.29) is 17.9 Å². The predicted molar refractivity (Wildman–Crippen MR) is 71.8 cm³/mol. The number of carboxylic acid groups (broad SMARTS) is 1. The number of carboxylic acids is 1. The predicted octanol–water partition coefficient (Wildman–Crippen LogP) is 1.76. The highest BCUT2D eigenvalue weighted by molar-refractivity contribution is 5.85. The second-order valence-electron chi connectivity index (χ2n) is 5.30. The fourth-order valence-electron chi connectivity index (χ4n) is 2.90. The number of amides is 1. The summed E-state index contributed by atoms with van der Waals surface area (Å²) in [6.07, 6.45) is 2.08. The first-order chi connectivity index (χ1) is 8.96. The molecule has 0 bridgehead atoms. The molecule has 1 aliphatic heterocycles. The van der Waals surface area contributed by atoms with Gasteiger partial charge in [-0.05, 0) is 5.92 Å². The van der Waals surface area contributed by atoms with Crippen LogP contribution in [0.2, 0.25) is 0 Å². The summed E-state index contributed by atoms with van der Waals surface area (Å²) < 4.78 is 5.21. The second kappa shape index (κ2) is 6.89. The number of rotatable bonds is 6. The van der Waals surface area contributed by atoms with Crippen molar-refractivity contribution in [2.24, 2.45) is 11.8 Å². The first-order valence-electron chi connectivity index (χ1n) is 7.02. The Morgan fingerprint density at radius 1 is 1.37 bits per heavy atom. The summed E-state index contributed by atoms with van der Waals surface area (Å²) in [5.74, 6) is -0.818. The number of methoxy groups -OCH3 is 1. The van der Waals surface area contributed by atoms with E-state index in [1.165, 1.54) is 4.90 Å². The molecule has 0 aromatic carbocycles. The van der Waals surface area contributed by atoms with Crippen molar-refractivity contribution >= 4 is 11.9 Å². The molecule has 0 aliphatic carbocycles. The van der Waals surface area contributed by atoms with Crippen molar-refractivity contribution in [3.05, 3.63) is 0 Å². The van der Waals surface area contributed by atoms with Crippen molar-refractivity contribution in [2.75, 3.05) is 13.7 Å². The lowest BCUT2D eigenvalue weighted by molar-refractivity contribution is -0.150. The Labute approximate surface area is 114 Å². The van der Waals surface area contributed by atoms with E-state index in [1.807, 2.05) is 6.92 Å². The maximum atomic E-state index is 12.5. The van der Waals surface area contributed by atoms with Gasteiger partial charge in [0.25, 0.3) is 0 Å². The summed E-state index contributed by atoms with van der Waals surface area (Å²) in [6, 6.07) is -0.741. The molecule has 1 heterocycles. The second-order valence-corrected chi connectivity index (χ2v) is 5.30. The van der Waals surface area contributed by atoms with Gasteiger partial charge in [-0.25, -0.2) is 4.79 Å². The summed E-state index contributed by atoms with van der Waals surface area (Å²) in [5, 5.41) is 9.23. The summed E-state index contributed by atoms with van der Waals surface area (Å²) in [6.45, 7) is 6.42. The van der Waals surface area contributed by atoms with E-state index in [1.54, 1.807) is 7.11 Å². The van der Waals surface area contributed by atoms with Crippen LogP contribution in [-0.2, 0) is 14.3 Å². The number of ether oxygens (including phenoxy) is 1. The van der Waals surface area contributed by atoms with Gasteiger partial charge in [0.2, 0.25) is 5.91 Å². The Hall–Kier alpha value is -1.10. The van der Waals surface area contributed by atoms with Gasteiger partial charge >= 0.3 is 5.97 Å². The van der Waals surface area contributed by atoms with Gasteiger partial charge < -0.3 is 14.7 Å². The SMILES string of the molecule is CCC(CC)C(C)C(=O)N1CC(OC)CC1C(=O)O. The molecule has 0 radical (unpaired) electrons. The largest absolute Gasteiger partial charge is 0.480 e. The zero-order valence-corrected chi connectivity index (χ0v) is 12.3. The molecule has 110 valence electrons. The van der Waals surface area contributed by atoms with E-state index >= 15 is 0 Å². The first-order valence-corrected chi connectivity index (χ1v) is 7.02. The van der Waals surface area contributed by atoms with Gasteiger partial charge in [0.15, 0.2) is 0 Å². The van der Waals surface area contributed by atoms with Crippen LogP contribution in [0.3, 0.4) is 0 Å². The van der Waals surface area contributed by atoms with Crippen molar-refractivity contribution in [1.29, 1.82) is 0 Å². The molecule has 1 aliphatic rings. The number of nitrogens with zero attached hydrogens (tertiary/aromatic N) is 1. The average Bonchev–Trinajstić information content (AvgIpc) is 2.83. The normalized spacial score (nSPS) is 24.8. The lowest BCUT2D eigenvalue weighted by Crippen LogP contribution is -2.44. The summed E-state index contributed by atoms with van der Waals surface area (Å²) >= 11 is 0. The lowest BCUT2D eigenvalue weighted by atomic mass is 9.88. The maximum Gasteiger partial charge on any atom is 0.326 e. The molecular weight excluding hydrogens is 246 g/mol. The van der Waals surface area contributed by atoms with E-state index in [2.05, 4.69) is 13.8 Å². The van der Waals surface area contributed by atoms with Crippen LogP contribution in [-0.4, -0.2) is 47.7 Å². The van der Waals surface area contributed by atoms with Gasteiger partial charge in [-0.2, -0.15) is 0 Å². The fourth-order valence-corrected chi connectivity index (χ4v) is 2.90. The number of hydrogen-bond acceptors (Lipinski definition) is 3. The molecular formula is C14H25NO4. The van der Waals surface area contributed by atoms with Gasteiger partial charge in [0, 0.05) is 26.0 Å². The molecule has 3 unspecified atom stereocenters. The fraction of sp³-hybridized carbons (Fsp3) is 0.857. The minimum Gasteiger partial charge on any atom is -0.480 e. The minimum absolute atomic E-state index is 0.0550. The number of hydrogen-bond donors (Lipinski definition) is 1. The highest BCUT2D eigenvalue weighted by Gasteiger charge is 2.41. The Balaban J connectivity index is 2.81. The van der Waals surface area contributed by atoms with Crippen molar-refractivity contribution in [3.8, 4) is 0 Å². The molecule has 1 amide bonds. The Morgan fingerprint density at radius 2 is 1.95 bits per heavy atom. The summed E-state index contributed by atoms with van der Waals surface area (Å²) in [4.78, 5) is 25.2. The molecule has 19 heavy (non-hydrogen) atoms. The molecule has 5 heteroatoms. The van der Waals surface area contributed by atoms with Crippen LogP contribution in [0.4, 0.5) is 0 Å². The zero-order valence-electron chi connectivity index (χ0n) is 12.3. The summed E-state index contributed by atoms with van der Waals surface area (Å²) in [7, 11) is 1.56. The number of aliphatic carboxylic acids is 1. The topological polar surface area (TPSA) is 66.8 Å². The van der Waals surface area contributed by atoms with Gasteiger partial charge in [0.05, 0.1) is 6.10 Å². The third kappa shape index (κ3) is 3.47. The Morgan fingerprint density at radius 3 is 2.37 bits per heavy atom. The third-order valence-corrected chi connectivity index (χ3v) is 4.31. The van der Waals surface area contributed by atoms with E-state index in [0.717, 1.165) is 12.8 Å². The smallest absolute Gasteiger partial charge is 0.326 e. The Bertz CT molecular complexity index is 327. The zero-order chi connectivity index (χ0) is 14.6. The third-order valence-electron chi connectivity index (χ3n) is 4.31. The molecule has 5 nitrogen and oxygen atoms in total. The monoisotopic (exact) mass is 271 g/mol. The Kier molecular flexibility index (Phi) is 5.79. The van der Waals surface area contributed by atoms with Crippen LogP contribution >= 0.6 is 0 Å². The summed E-state index contributed by atoms with van der Waals surface area (Å²) in [5.41, 5.74) is 0.